The van der Waals surface area contributed by atoms with Crippen molar-refractivity contribution >= 4 is 5.97 Å². The fourth-order valence-corrected chi connectivity index (χ4v) is 3.49. The molecule has 2 atom stereocenters. The van der Waals surface area contributed by atoms with Crippen LogP contribution < -0.4 is 10.5 Å². The lowest BCUT2D eigenvalue weighted by molar-refractivity contribution is -0.144. The van der Waals surface area contributed by atoms with Crippen molar-refractivity contribution in [2.75, 3.05) is 13.2 Å². The minimum atomic E-state index is -0.160. The van der Waals surface area contributed by atoms with Crippen molar-refractivity contribution in [2.45, 2.75) is 32.2 Å². The Morgan fingerprint density at radius 3 is 2.72 bits per heavy atom. The minimum absolute atomic E-state index is 0.0970. The van der Waals surface area contributed by atoms with Crippen LogP contribution in [0.25, 0.3) is 0 Å². The van der Waals surface area contributed by atoms with Gasteiger partial charge in [0.15, 0.2) is 0 Å². The van der Waals surface area contributed by atoms with Gasteiger partial charge in [-0.2, -0.15) is 0 Å². The van der Waals surface area contributed by atoms with Crippen LogP contribution in [0.1, 0.15) is 36.0 Å². The molecule has 2 N–H and O–H groups in total. The number of carbonyl (C=O) groups excluding carboxylic acids is 1. The van der Waals surface area contributed by atoms with Crippen LogP contribution in [0.4, 0.5) is 0 Å². The van der Waals surface area contributed by atoms with Gasteiger partial charge in [-0.25, -0.2) is 0 Å². The molecule has 132 valence electrons. The topological polar surface area (TPSA) is 61.5 Å². The first-order chi connectivity index (χ1) is 12.2. The van der Waals surface area contributed by atoms with Gasteiger partial charge in [-0.1, -0.05) is 42.5 Å². The van der Waals surface area contributed by atoms with Crippen LogP contribution in [-0.2, 0) is 22.5 Å². The molecule has 0 amide bonds. The number of esters is 1. The maximum Gasteiger partial charge on any atom is 0.306 e. The quantitative estimate of drug-likeness (QED) is 0.819. The predicted octanol–water partition coefficient (Wildman–Crippen LogP) is 3.43. The second kappa shape index (κ2) is 8.17. The number of ether oxygens (including phenoxy) is 2. The lowest BCUT2D eigenvalue weighted by Gasteiger charge is -2.34. The van der Waals surface area contributed by atoms with Gasteiger partial charge in [-0.05, 0) is 42.0 Å². The molecule has 4 heteroatoms. The molecule has 2 aromatic carbocycles. The average molecular weight is 339 g/mol. The van der Waals surface area contributed by atoms with Gasteiger partial charge in [0, 0.05) is 12.5 Å². The van der Waals surface area contributed by atoms with Gasteiger partial charge < -0.3 is 15.2 Å². The van der Waals surface area contributed by atoms with E-state index in [0.29, 0.717) is 26.2 Å². The summed E-state index contributed by atoms with van der Waals surface area (Å²) in [6.45, 7) is 3.27. The molecule has 2 aromatic rings. The van der Waals surface area contributed by atoms with Gasteiger partial charge in [0.2, 0.25) is 0 Å². The molecular formula is C21H25NO3. The highest BCUT2D eigenvalue weighted by atomic mass is 16.5. The molecule has 25 heavy (non-hydrogen) atoms. The number of rotatable bonds is 6. The Hall–Kier alpha value is -2.33. The molecule has 1 aliphatic heterocycles. The third-order valence-corrected chi connectivity index (χ3v) is 4.76. The summed E-state index contributed by atoms with van der Waals surface area (Å²) in [6.07, 6.45) is 1.24. The largest absolute Gasteiger partial charge is 0.493 e. The fraction of sp³-hybridized carbons (Fsp3) is 0.381. The zero-order valence-electron chi connectivity index (χ0n) is 14.6. The second-order valence-corrected chi connectivity index (χ2v) is 6.45. The monoisotopic (exact) mass is 339 g/mol. The lowest BCUT2D eigenvalue weighted by atomic mass is 9.78. The summed E-state index contributed by atoms with van der Waals surface area (Å²) in [7, 11) is 0. The summed E-state index contributed by atoms with van der Waals surface area (Å²) in [5, 5.41) is 0. The molecule has 1 aliphatic rings. The predicted molar refractivity (Wildman–Crippen MR) is 97.5 cm³/mol. The number of hydrogen-bond donors (Lipinski definition) is 1. The lowest BCUT2D eigenvalue weighted by Crippen LogP contribution is -2.30. The third kappa shape index (κ3) is 4.20. The van der Waals surface area contributed by atoms with E-state index in [1.54, 1.807) is 0 Å². The number of benzene rings is 2. The number of fused-ring (bicyclic) bond motifs is 1. The highest BCUT2D eigenvalue weighted by molar-refractivity contribution is 5.70. The van der Waals surface area contributed by atoms with E-state index >= 15 is 0 Å². The zero-order valence-corrected chi connectivity index (χ0v) is 14.6. The van der Waals surface area contributed by atoms with Crippen LogP contribution in [0.3, 0.4) is 0 Å². The first-order valence-electron chi connectivity index (χ1n) is 8.86. The van der Waals surface area contributed by atoms with Crippen molar-refractivity contribution < 1.29 is 14.3 Å². The normalized spacial score (nSPS) is 19.0. The first kappa shape index (κ1) is 17.5. The number of nitrogens with two attached hydrogens (primary N) is 1. The molecule has 0 saturated carbocycles. The van der Waals surface area contributed by atoms with E-state index in [2.05, 4.69) is 18.2 Å². The average Bonchev–Trinajstić information content (AvgIpc) is 2.64. The van der Waals surface area contributed by atoms with Gasteiger partial charge in [0.05, 0.1) is 19.6 Å². The van der Waals surface area contributed by atoms with E-state index in [4.69, 9.17) is 15.2 Å². The van der Waals surface area contributed by atoms with E-state index in [-0.39, 0.29) is 17.8 Å². The minimum Gasteiger partial charge on any atom is -0.493 e. The summed E-state index contributed by atoms with van der Waals surface area (Å²) in [5.74, 6) is 1.05. The van der Waals surface area contributed by atoms with Crippen molar-refractivity contribution in [1.29, 1.82) is 0 Å². The Morgan fingerprint density at radius 2 is 2.00 bits per heavy atom. The van der Waals surface area contributed by atoms with Crippen molar-refractivity contribution in [3.05, 3.63) is 65.2 Å². The molecule has 1 heterocycles. The number of carbonyl (C=O) groups is 1. The van der Waals surface area contributed by atoms with Crippen LogP contribution in [0.5, 0.6) is 5.75 Å². The Labute approximate surface area is 148 Å². The van der Waals surface area contributed by atoms with Crippen molar-refractivity contribution in [2.24, 2.45) is 11.7 Å². The highest BCUT2D eigenvalue weighted by Gasteiger charge is 2.33. The van der Waals surface area contributed by atoms with Gasteiger partial charge >= 0.3 is 5.97 Å². The van der Waals surface area contributed by atoms with E-state index < -0.39 is 0 Å². The SMILES string of the molecule is CCOC(=O)CC1COc2ccc(CN)cc2C1Cc1ccccc1. The van der Waals surface area contributed by atoms with Crippen LogP contribution in [-0.4, -0.2) is 19.2 Å². The Bertz CT molecular complexity index is 714. The number of hydrogen-bond acceptors (Lipinski definition) is 4. The fourth-order valence-electron chi connectivity index (χ4n) is 3.49. The van der Waals surface area contributed by atoms with Crippen molar-refractivity contribution in [1.82, 2.24) is 0 Å². The third-order valence-electron chi connectivity index (χ3n) is 4.76. The standard InChI is InChI=1S/C21H25NO3/c1-2-24-21(23)12-17-14-25-20-9-8-16(13-22)11-19(20)18(17)10-15-6-4-3-5-7-15/h3-9,11,17-18H,2,10,12-14,22H2,1H3. The maximum absolute atomic E-state index is 12.0. The molecule has 4 nitrogen and oxygen atoms in total. The summed E-state index contributed by atoms with van der Waals surface area (Å²) in [6, 6.07) is 16.5. The second-order valence-electron chi connectivity index (χ2n) is 6.45. The molecule has 0 fully saturated rings. The van der Waals surface area contributed by atoms with Crippen LogP contribution in [0, 0.1) is 5.92 Å². The maximum atomic E-state index is 12.0. The van der Waals surface area contributed by atoms with E-state index in [1.807, 2.05) is 37.3 Å². The smallest absolute Gasteiger partial charge is 0.306 e. The molecule has 0 bridgehead atoms. The molecule has 0 aliphatic carbocycles. The van der Waals surface area contributed by atoms with Gasteiger partial charge in [-0.3, -0.25) is 4.79 Å². The van der Waals surface area contributed by atoms with E-state index in [9.17, 15) is 4.79 Å². The molecule has 0 saturated heterocycles. The molecule has 0 radical (unpaired) electrons. The van der Waals surface area contributed by atoms with Crippen LogP contribution in [0.2, 0.25) is 0 Å². The van der Waals surface area contributed by atoms with Gasteiger partial charge in [0.1, 0.15) is 5.75 Å². The Morgan fingerprint density at radius 1 is 1.20 bits per heavy atom. The van der Waals surface area contributed by atoms with Crippen molar-refractivity contribution in [3.63, 3.8) is 0 Å². The van der Waals surface area contributed by atoms with E-state index in [1.165, 1.54) is 5.56 Å². The van der Waals surface area contributed by atoms with Gasteiger partial charge in [-0.15, -0.1) is 0 Å². The van der Waals surface area contributed by atoms with Gasteiger partial charge in [0.25, 0.3) is 0 Å². The Balaban J connectivity index is 1.91. The molecule has 0 spiro atoms. The van der Waals surface area contributed by atoms with Crippen LogP contribution >= 0.6 is 0 Å². The summed E-state index contributed by atoms with van der Waals surface area (Å²) < 4.78 is 11.1. The zero-order chi connectivity index (χ0) is 17.6. The summed E-state index contributed by atoms with van der Waals surface area (Å²) >= 11 is 0. The van der Waals surface area contributed by atoms with Crippen LogP contribution in [0.15, 0.2) is 48.5 Å². The van der Waals surface area contributed by atoms with Crippen molar-refractivity contribution in [3.8, 4) is 5.75 Å². The summed E-state index contributed by atoms with van der Waals surface area (Å²) in [4.78, 5) is 12.0. The molecule has 0 aromatic heterocycles. The molecule has 2 unspecified atom stereocenters. The Kier molecular flexibility index (Phi) is 5.71. The summed E-state index contributed by atoms with van der Waals surface area (Å²) in [5.41, 5.74) is 9.30. The van der Waals surface area contributed by atoms with E-state index in [0.717, 1.165) is 23.3 Å². The molecule has 3 rings (SSSR count). The highest BCUT2D eigenvalue weighted by Crippen LogP contribution is 2.41. The molecular weight excluding hydrogens is 314 g/mol. The first-order valence-corrected chi connectivity index (χ1v) is 8.86.